The van der Waals surface area contributed by atoms with Crippen LogP contribution in [-0.4, -0.2) is 58.4 Å². The van der Waals surface area contributed by atoms with Crippen LogP contribution in [-0.2, 0) is 10.0 Å². The monoisotopic (exact) mass is 454 g/mol. The highest BCUT2D eigenvalue weighted by Gasteiger charge is 2.30. The first-order valence-corrected chi connectivity index (χ1v) is 12.9. The van der Waals surface area contributed by atoms with Gasteiger partial charge in [-0.15, -0.1) is 0 Å². The summed E-state index contributed by atoms with van der Waals surface area (Å²) < 4.78 is 30.0. The Labute approximate surface area is 189 Å². The summed E-state index contributed by atoms with van der Waals surface area (Å²) in [5, 5.41) is 0. The fourth-order valence-electron chi connectivity index (χ4n) is 4.83. The van der Waals surface area contributed by atoms with Gasteiger partial charge in [-0.1, -0.05) is 38.8 Å². The molecule has 9 heteroatoms. The van der Waals surface area contributed by atoms with Gasteiger partial charge in [0.25, 0.3) is 0 Å². The Morgan fingerprint density at radius 2 is 1.62 bits per heavy atom. The Morgan fingerprint density at radius 3 is 2.28 bits per heavy atom. The molecule has 0 N–H and O–H groups in total. The molecule has 3 aromatic rings. The number of aromatic nitrogens is 4. The van der Waals surface area contributed by atoms with E-state index in [1.165, 1.54) is 25.7 Å². The van der Waals surface area contributed by atoms with E-state index in [0.29, 0.717) is 43.0 Å². The van der Waals surface area contributed by atoms with Crippen LogP contribution in [0.4, 0.5) is 5.82 Å². The van der Waals surface area contributed by atoms with Crippen LogP contribution in [0.15, 0.2) is 41.8 Å². The highest BCUT2D eigenvalue weighted by atomic mass is 32.2. The normalized spacial score (nSPS) is 18.8. The van der Waals surface area contributed by atoms with Gasteiger partial charge in [-0.2, -0.15) is 4.31 Å². The van der Waals surface area contributed by atoms with E-state index in [1.807, 2.05) is 18.5 Å². The van der Waals surface area contributed by atoms with E-state index in [1.54, 1.807) is 22.8 Å². The summed E-state index contributed by atoms with van der Waals surface area (Å²) in [5.41, 5.74) is 2.82. The Morgan fingerprint density at radius 1 is 0.938 bits per heavy atom. The first kappa shape index (κ1) is 21.3. The summed E-state index contributed by atoms with van der Waals surface area (Å²) in [5.74, 6) is 1.17. The van der Waals surface area contributed by atoms with Gasteiger partial charge in [0, 0.05) is 32.2 Å². The van der Waals surface area contributed by atoms with Crippen molar-refractivity contribution < 1.29 is 8.42 Å². The van der Waals surface area contributed by atoms with Crippen molar-refractivity contribution >= 4 is 27.0 Å². The molecular formula is C23H30N6O2S. The number of imidazole rings is 1. The largest absolute Gasteiger partial charge is 0.352 e. The minimum absolute atomic E-state index is 0.357. The summed E-state index contributed by atoms with van der Waals surface area (Å²) in [6.07, 6.45) is 8.32. The van der Waals surface area contributed by atoms with Gasteiger partial charge in [0.1, 0.15) is 6.33 Å². The molecule has 1 saturated carbocycles. The van der Waals surface area contributed by atoms with Gasteiger partial charge in [0.15, 0.2) is 17.0 Å². The summed E-state index contributed by atoms with van der Waals surface area (Å²) in [7, 11) is -3.51. The van der Waals surface area contributed by atoms with E-state index in [9.17, 15) is 8.42 Å². The second kappa shape index (κ2) is 8.44. The number of benzene rings is 1. The number of nitrogens with zero attached hydrogens (tertiary/aromatic N) is 6. The molecule has 1 aromatic carbocycles. The van der Waals surface area contributed by atoms with Crippen LogP contribution in [0.25, 0.3) is 11.2 Å². The molecule has 0 unspecified atom stereocenters. The first-order chi connectivity index (χ1) is 15.4. The number of fused-ring (bicyclic) bond motifs is 1. The Bertz CT molecular complexity index is 1190. The lowest BCUT2D eigenvalue weighted by atomic mass is 10.0. The topological polar surface area (TPSA) is 84.2 Å². The maximum absolute atomic E-state index is 13.1. The van der Waals surface area contributed by atoms with Gasteiger partial charge in [-0.25, -0.2) is 23.4 Å². The molecule has 2 fully saturated rings. The zero-order valence-electron chi connectivity index (χ0n) is 18.7. The van der Waals surface area contributed by atoms with Crippen LogP contribution in [0.5, 0.6) is 0 Å². The third-order valence-corrected chi connectivity index (χ3v) is 8.69. The molecule has 1 saturated heterocycles. The Balaban J connectivity index is 1.33. The molecule has 32 heavy (non-hydrogen) atoms. The molecule has 8 nitrogen and oxygen atoms in total. The van der Waals surface area contributed by atoms with Crippen molar-refractivity contribution in [3.05, 3.63) is 42.5 Å². The Kier molecular flexibility index (Phi) is 5.63. The average Bonchev–Trinajstić information content (AvgIpc) is 3.49. The van der Waals surface area contributed by atoms with Gasteiger partial charge >= 0.3 is 0 Å². The van der Waals surface area contributed by atoms with Crippen LogP contribution in [0.1, 0.15) is 57.1 Å². The molecule has 2 aliphatic rings. The van der Waals surface area contributed by atoms with E-state index in [-0.39, 0.29) is 0 Å². The fourth-order valence-corrected chi connectivity index (χ4v) is 6.26. The number of hydrogen-bond acceptors (Lipinski definition) is 6. The fraction of sp³-hybridized carbons (Fsp3) is 0.522. The smallest absolute Gasteiger partial charge is 0.243 e. The third-order valence-electron chi connectivity index (χ3n) is 6.78. The molecule has 2 aromatic heterocycles. The first-order valence-electron chi connectivity index (χ1n) is 11.5. The highest BCUT2D eigenvalue weighted by Crippen LogP contribution is 2.33. The molecule has 5 rings (SSSR count). The summed E-state index contributed by atoms with van der Waals surface area (Å²) in [6.45, 7) is 6.19. The molecule has 3 heterocycles. The van der Waals surface area contributed by atoms with Crippen LogP contribution >= 0.6 is 0 Å². The SMILES string of the molecule is CC(C)c1ccc(S(=O)(=O)N2CCN(c3ncnc4c3ncn4C3CCCC3)CC2)cc1. The van der Waals surface area contributed by atoms with Crippen molar-refractivity contribution in [1.82, 2.24) is 23.8 Å². The molecule has 0 amide bonds. The van der Waals surface area contributed by atoms with Crippen molar-refractivity contribution in [2.45, 2.75) is 56.4 Å². The molecule has 0 atom stereocenters. The average molecular weight is 455 g/mol. The lowest BCUT2D eigenvalue weighted by Gasteiger charge is -2.34. The maximum Gasteiger partial charge on any atom is 0.243 e. The molecule has 1 aliphatic carbocycles. The van der Waals surface area contributed by atoms with Crippen LogP contribution in [0.3, 0.4) is 0 Å². The van der Waals surface area contributed by atoms with E-state index in [0.717, 1.165) is 22.5 Å². The molecule has 0 spiro atoms. The Hall–Kier alpha value is -2.52. The molecule has 0 radical (unpaired) electrons. The van der Waals surface area contributed by atoms with Gasteiger partial charge in [0.2, 0.25) is 10.0 Å². The molecule has 0 bridgehead atoms. The number of anilines is 1. The van der Waals surface area contributed by atoms with Crippen molar-refractivity contribution in [3.63, 3.8) is 0 Å². The van der Waals surface area contributed by atoms with Gasteiger partial charge in [-0.05, 0) is 36.5 Å². The second-order valence-corrected chi connectivity index (χ2v) is 11.0. The summed E-state index contributed by atoms with van der Waals surface area (Å²) in [4.78, 5) is 16.1. The second-order valence-electron chi connectivity index (χ2n) is 9.07. The van der Waals surface area contributed by atoms with E-state index >= 15 is 0 Å². The standard InChI is InChI=1S/C23H30N6O2S/c1-17(2)18-7-9-20(10-8-18)32(30,31)28-13-11-27(12-14-28)22-21-23(25-15-24-22)29(16-26-21)19-5-3-4-6-19/h7-10,15-17,19H,3-6,11-14H2,1-2H3. The molecule has 170 valence electrons. The van der Waals surface area contributed by atoms with Crippen LogP contribution in [0.2, 0.25) is 0 Å². The van der Waals surface area contributed by atoms with Gasteiger partial charge in [0.05, 0.1) is 11.2 Å². The van der Waals surface area contributed by atoms with E-state index in [4.69, 9.17) is 0 Å². The van der Waals surface area contributed by atoms with Crippen molar-refractivity contribution in [2.75, 3.05) is 31.1 Å². The zero-order chi connectivity index (χ0) is 22.3. The van der Waals surface area contributed by atoms with E-state index in [2.05, 4.69) is 38.3 Å². The van der Waals surface area contributed by atoms with Crippen LogP contribution in [0, 0.1) is 0 Å². The predicted octanol–water partition coefficient (Wildman–Crippen LogP) is 3.58. The molecule has 1 aliphatic heterocycles. The van der Waals surface area contributed by atoms with Crippen molar-refractivity contribution in [3.8, 4) is 0 Å². The maximum atomic E-state index is 13.1. The van der Waals surface area contributed by atoms with Gasteiger partial charge < -0.3 is 9.47 Å². The van der Waals surface area contributed by atoms with Gasteiger partial charge in [-0.3, -0.25) is 0 Å². The van der Waals surface area contributed by atoms with Crippen molar-refractivity contribution in [1.29, 1.82) is 0 Å². The minimum atomic E-state index is -3.51. The third kappa shape index (κ3) is 3.77. The highest BCUT2D eigenvalue weighted by molar-refractivity contribution is 7.89. The van der Waals surface area contributed by atoms with Crippen molar-refractivity contribution in [2.24, 2.45) is 0 Å². The number of hydrogen-bond donors (Lipinski definition) is 0. The predicted molar refractivity (Wildman–Crippen MR) is 124 cm³/mol. The summed E-state index contributed by atoms with van der Waals surface area (Å²) >= 11 is 0. The zero-order valence-corrected chi connectivity index (χ0v) is 19.5. The molecular weight excluding hydrogens is 424 g/mol. The number of sulfonamides is 1. The minimum Gasteiger partial charge on any atom is -0.352 e. The van der Waals surface area contributed by atoms with Crippen LogP contribution < -0.4 is 4.90 Å². The lowest BCUT2D eigenvalue weighted by Crippen LogP contribution is -2.49. The lowest BCUT2D eigenvalue weighted by molar-refractivity contribution is 0.384. The number of piperazine rings is 1. The van der Waals surface area contributed by atoms with E-state index < -0.39 is 10.0 Å². The quantitative estimate of drug-likeness (QED) is 0.586. The summed E-state index contributed by atoms with van der Waals surface area (Å²) in [6, 6.07) is 7.73. The number of rotatable bonds is 5.